The zero-order valence-corrected chi connectivity index (χ0v) is 14.3. The molecule has 1 fully saturated rings. The number of amides is 1. The van der Waals surface area contributed by atoms with Crippen LogP contribution in [0.15, 0.2) is 18.2 Å². The average molecular weight is 392 g/mol. The van der Waals surface area contributed by atoms with Gasteiger partial charge in [0.15, 0.2) is 0 Å². The smallest absolute Gasteiger partial charge is 0.253 e. The first-order valence-electron chi connectivity index (χ1n) is 6.63. The molecule has 0 radical (unpaired) electrons. The van der Waals surface area contributed by atoms with Gasteiger partial charge in [0.1, 0.15) is 0 Å². The van der Waals surface area contributed by atoms with Crippen molar-refractivity contribution in [3.05, 3.63) is 32.4 Å². The van der Waals surface area contributed by atoms with Crippen LogP contribution < -0.4 is 0 Å². The summed E-state index contributed by atoms with van der Waals surface area (Å²) in [6.45, 7) is 6.26. The van der Waals surface area contributed by atoms with Gasteiger partial charge in [0.05, 0.1) is 5.02 Å². The van der Waals surface area contributed by atoms with E-state index in [9.17, 15) is 4.79 Å². The molecule has 4 heteroatoms. The summed E-state index contributed by atoms with van der Waals surface area (Å²) in [5.74, 6) is 0.107. The molecular formula is C15H19ClINO. The van der Waals surface area contributed by atoms with E-state index < -0.39 is 0 Å². The first-order valence-corrected chi connectivity index (χ1v) is 8.09. The topological polar surface area (TPSA) is 20.3 Å². The lowest BCUT2D eigenvalue weighted by Gasteiger charge is -2.23. The molecule has 1 saturated heterocycles. The van der Waals surface area contributed by atoms with Gasteiger partial charge in [0.25, 0.3) is 5.91 Å². The third kappa shape index (κ3) is 3.85. The van der Waals surface area contributed by atoms with Crippen molar-refractivity contribution < 1.29 is 4.79 Å². The zero-order chi connectivity index (χ0) is 14.0. The Hall–Kier alpha value is -0.290. The minimum absolute atomic E-state index is 0.107. The van der Waals surface area contributed by atoms with Crippen LogP contribution >= 0.6 is 34.2 Å². The van der Waals surface area contributed by atoms with Crippen LogP contribution in [0.2, 0.25) is 5.02 Å². The third-order valence-corrected chi connectivity index (χ3v) is 5.37. The van der Waals surface area contributed by atoms with Gasteiger partial charge in [-0.3, -0.25) is 4.79 Å². The molecule has 1 aromatic rings. The van der Waals surface area contributed by atoms with E-state index in [0.717, 1.165) is 29.5 Å². The van der Waals surface area contributed by atoms with Gasteiger partial charge in [-0.05, 0) is 65.5 Å². The molecule has 2 nitrogen and oxygen atoms in total. The SMILES string of the molecule is CC1(C)CCCN(C(=O)c2ccc(I)c(Cl)c2)CC1. The van der Waals surface area contributed by atoms with Gasteiger partial charge < -0.3 is 4.90 Å². The molecule has 0 aliphatic carbocycles. The van der Waals surface area contributed by atoms with Crippen LogP contribution in [-0.4, -0.2) is 23.9 Å². The largest absolute Gasteiger partial charge is 0.339 e. The number of benzene rings is 1. The van der Waals surface area contributed by atoms with E-state index in [-0.39, 0.29) is 5.91 Å². The second-order valence-corrected chi connectivity index (χ2v) is 7.51. The van der Waals surface area contributed by atoms with E-state index in [4.69, 9.17) is 11.6 Å². The number of carbonyl (C=O) groups is 1. The van der Waals surface area contributed by atoms with Crippen molar-refractivity contribution in [2.45, 2.75) is 33.1 Å². The maximum absolute atomic E-state index is 12.5. The highest BCUT2D eigenvalue weighted by Crippen LogP contribution is 2.30. The standard InChI is InChI=1S/C15H19ClINO/c1-15(2)6-3-8-18(9-7-15)14(19)11-4-5-13(17)12(16)10-11/h4-5,10H,3,6-9H2,1-2H3. The van der Waals surface area contributed by atoms with Crippen LogP contribution in [0.1, 0.15) is 43.5 Å². The summed E-state index contributed by atoms with van der Waals surface area (Å²) in [6, 6.07) is 5.55. The fourth-order valence-corrected chi connectivity index (χ4v) is 2.95. The lowest BCUT2D eigenvalue weighted by atomic mass is 9.85. The third-order valence-electron chi connectivity index (χ3n) is 3.79. The summed E-state index contributed by atoms with van der Waals surface area (Å²) >= 11 is 8.27. The Balaban J connectivity index is 2.13. The Morgan fingerprint density at radius 2 is 2.05 bits per heavy atom. The monoisotopic (exact) mass is 391 g/mol. The fraction of sp³-hybridized carbons (Fsp3) is 0.533. The second-order valence-electron chi connectivity index (χ2n) is 5.94. The molecule has 0 spiro atoms. The number of hydrogen-bond acceptors (Lipinski definition) is 1. The van der Waals surface area contributed by atoms with Crippen molar-refractivity contribution in [1.82, 2.24) is 4.90 Å². The number of carbonyl (C=O) groups excluding carboxylic acids is 1. The van der Waals surface area contributed by atoms with E-state index >= 15 is 0 Å². The van der Waals surface area contributed by atoms with Crippen molar-refractivity contribution in [3.8, 4) is 0 Å². The van der Waals surface area contributed by atoms with E-state index in [1.807, 2.05) is 17.0 Å². The number of rotatable bonds is 1. The van der Waals surface area contributed by atoms with Gasteiger partial charge in [-0.1, -0.05) is 25.4 Å². The van der Waals surface area contributed by atoms with Crippen LogP contribution in [0.5, 0.6) is 0 Å². The van der Waals surface area contributed by atoms with E-state index in [2.05, 4.69) is 36.4 Å². The Kier molecular flexibility index (Phi) is 4.77. The van der Waals surface area contributed by atoms with Gasteiger partial charge in [-0.15, -0.1) is 0 Å². The fourth-order valence-electron chi connectivity index (χ4n) is 2.44. The van der Waals surface area contributed by atoms with Crippen LogP contribution in [0.4, 0.5) is 0 Å². The summed E-state index contributed by atoms with van der Waals surface area (Å²) in [5, 5.41) is 0.654. The van der Waals surface area contributed by atoms with Crippen molar-refractivity contribution >= 4 is 40.1 Å². The molecule has 104 valence electrons. The minimum atomic E-state index is 0.107. The van der Waals surface area contributed by atoms with Gasteiger partial charge >= 0.3 is 0 Å². The van der Waals surface area contributed by atoms with Crippen molar-refractivity contribution in [1.29, 1.82) is 0 Å². The summed E-state index contributed by atoms with van der Waals surface area (Å²) in [7, 11) is 0. The predicted molar refractivity (Wildman–Crippen MR) is 87.7 cm³/mol. The second kappa shape index (κ2) is 6.00. The average Bonchev–Trinajstić information content (AvgIpc) is 2.53. The molecular weight excluding hydrogens is 373 g/mol. The van der Waals surface area contributed by atoms with Crippen LogP contribution in [0.3, 0.4) is 0 Å². The Morgan fingerprint density at radius 1 is 1.32 bits per heavy atom. The first-order chi connectivity index (χ1) is 8.89. The molecule has 1 aliphatic rings. The summed E-state index contributed by atoms with van der Waals surface area (Å²) in [6.07, 6.45) is 3.33. The van der Waals surface area contributed by atoms with Gasteiger partial charge in [0, 0.05) is 22.2 Å². The summed E-state index contributed by atoms with van der Waals surface area (Å²) < 4.78 is 0.979. The van der Waals surface area contributed by atoms with Crippen molar-refractivity contribution in [2.24, 2.45) is 5.41 Å². The quantitative estimate of drug-likeness (QED) is 0.641. The van der Waals surface area contributed by atoms with E-state index in [1.165, 1.54) is 6.42 Å². The van der Waals surface area contributed by atoms with E-state index in [1.54, 1.807) is 6.07 Å². The molecule has 1 amide bonds. The first kappa shape index (κ1) is 15.1. The van der Waals surface area contributed by atoms with Gasteiger partial charge in [-0.25, -0.2) is 0 Å². The Bertz CT molecular complexity index is 487. The molecule has 0 unspecified atom stereocenters. The van der Waals surface area contributed by atoms with Crippen LogP contribution in [0, 0.1) is 8.99 Å². The maximum Gasteiger partial charge on any atom is 0.253 e. The highest BCUT2D eigenvalue weighted by atomic mass is 127. The van der Waals surface area contributed by atoms with E-state index in [0.29, 0.717) is 16.0 Å². The number of likely N-dealkylation sites (tertiary alicyclic amines) is 1. The number of halogens is 2. The van der Waals surface area contributed by atoms with Crippen molar-refractivity contribution in [3.63, 3.8) is 0 Å². The summed E-state index contributed by atoms with van der Waals surface area (Å²) in [4.78, 5) is 14.5. The van der Waals surface area contributed by atoms with Crippen molar-refractivity contribution in [2.75, 3.05) is 13.1 Å². The molecule has 1 heterocycles. The zero-order valence-electron chi connectivity index (χ0n) is 11.4. The molecule has 0 N–H and O–H groups in total. The Labute approximate surface area is 133 Å². The van der Waals surface area contributed by atoms with Gasteiger partial charge in [0.2, 0.25) is 0 Å². The highest BCUT2D eigenvalue weighted by Gasteiger charge is 2.26. The molecule has 19 heavy (non-hydrogen) atoms. The highest BCUT2D eigenvalue weighted by molar-refractivity contribution is 14.1. The van der Waals surface area contributed by atoms with Gasteiger partial charge in [-0.2, -0.15) is 0 Å². The Morgan fingerprint density at radius 3 is 2.74 bits per heavy atom. The molecule has 0 atom stereocenters. The molecule has 0 aromatic heterocycles. The molecule has 0 saturated carbocycles. The summed E-state index contributed by atoms with van der Waals surface area (Å²) in [5.41, 5.74) is 1.05. The maximum atomic E-state index is 12.5. The molecule has 0 bridgehead atoms. The van der Waals surface area contributed by atoms with Crippen LogP contribution in [-0.2, 0) is 0 Å². The predicted octanol–water partition coefficient (Wildman–Crippen LogP) is 4.60. The minimum Gasteiger partial charge on any atom is -0.339 e. The molecule has 1 aromatic carbocycles. The number of hydrogen-bond donors (Lipinski definition) is 0. The number of nitrogens with zero attached hydrogens (tertiary/aromatic N) is 1. The molecule has 1 aliphatic heterocycles. The lowest BCUT2D eigenvalue weighted by molar-refractivity contribution is 0.0757. The molecule has 2 rings (SSSR count). The lowest BCUT2D eigenvalue weighted by Crippen LogP contribution is -2.32. The normalized spacial score (nSPS) is 19.1. The van der Waals surface area contributed by atoms with Crippen LogP contribution in [0.25, 0.3) is 0 Å².